The summed E-state index contributed by atoms with van der Waals surface area (Å²) in [6.45, 7) is 0.671. The van der Waals surface area contributed by atoms with Gasteiger partial charge in [0.15, 0.2) is 5.67 Å². The zero-order valence-corrected chi connectivity index (χ0v) is 27.3. The number of phenols is 1. The number of nitrogens with one attached hydrogen (secondary N) is 2. The van der Waals surface area contributed by atoms with Gasteiger partial charge in [-0.1, -0.05) is 41.9 Å². The van der Waals surface area contributed by atoms with Crippen LogP contribution in [0.2, 0.25) is 5.02 Å². The normalized spacial score (nSPS) is 18.3. The fraction of sp³-hybridized carbons (Fsp3) is 0.257. The fourth-order valence-electron chi connectivity index (χ4n) is 5.63. The largest absolute Gasteiger partial charge is 0.506 e. The number of aromatic hydroxyl groups is 1. The molecular weight excluding hydrogens is 681 g/mol. The van der Waals surface area contributed by atoms with Crippen LogP contribution in [0.5, 0.6) is 17.2 Å². The van der Waals surface area contributed by atoms with Gasteiger partial charge in [-0.15, -0.1) is 0 Å². The molecule has 2 atom stereocenters. The Morgan fingerprint density at radius 3 is 2.44 bits per heavy atom. The molecule has 1 saturated carbocycles. The summed E-state index contributed by atoms with van der Waals surface area (Å²) >= 11 is 6.01. The van der Waals surface area contributed by atoms with Crippen LogP contribution in [0.15, 0.2) is 60.7 Å². The molecule has 260 valence electrons. The van der Waals surface area contributed by atoms with Gasteiger partial charge in [-0.3, -0.25) is 14.4 Å². The van der Waals surface area contributed by atoms with E-state index in [-0.39, 0.29) is 70.3 Å². The highest BCUT2D eigenvalue weighted by Crippen LogP contribution is 2.47. The molecule has 3 amide bonds. The molecule has 0 spiro atoms. The molecule has 2 aliphatic rings. The van der Waals surface area contributed by atoms with E-state index >= 15 is 4.39 Å². The van der Waals surface area contributed by atoms with Crippen molar-refractivity contribution in [3.05, 3.63) is 99.7 Å². The molecule has 6 N–H and O–H groups in total. The number of carbonyl (C=O) groups is 3. The second-order valence-electron chi connectivity index (χ2n) is 12.4. The van der Waals surface area contributed by atoms with Gasteiger partial charge in [0.2, 0.25) is 5.91 Å². The van der Waals surface area contributed by atoms with Crippen LogP contribution in [0, 0.1) is 11.6 Å². The van der Waals surface area contributed by atoms with E-state index < -0.39 is 63.4 Å². The van der Waals surface area contributed by atoms with Gasteiger partial charge in [-0.05, 0) is 49.6 Å². The quantitative estimate of drug-likeness (QED) is 0.117. The summed E-state index contributed by atoms with van der Waals surface area (Å²) in [6.07, 6.45) is 0.0728. The summed E-state index contributed by atoms with van der Waals surface area (Å²) in [6, 6.07) is 13.2. The number of methoxy groups -OCH3 is 1. The van der Waals surface area contributed by atoms with Crippen molar-refractivity contribution in [2.75, 3.05) is 25.6 Å². The van der Waals surface area contributed by atoms with Crippen molar-refractivity contribution < 1.29 is 47.2 Å². The van der Waals surface area contributed by atoms with E-state index in [1.807, 2.05) is 0 Å². The number of hydrogen-bond acceptors (Lipinski definition) is 8. The number of halogens is 4. The van der Waals surface area contributed by atoms with E-state index in [0.717, 1.165) is 12.1 Å². The molecule has 1 aromatic heterocycles. The number of hydrogen-bond donors (Lipinski definition) is 5. The van der Waals surface area contributed by atoms with Gasteiger partial charge in [0.05, 0.1) is 24.4 Å². The number of primary amides is 1. The number of alkyl halides is 1. The molecule has 4 aromatic rings. The first-order valence-corrected chi connectivity index (χ1v) is 15.6. The molecule has 1 fully saturated rings. The van der Waals surface area contributed by atoms with E-state index in [4.69, 9.17) is 26.8 Å². The zero-order valence-electron chi connectivity index (χ0n) is 26.6. The third kappa shape index (κ3) is 5.94. The van der Waals surface area contributed by atoms with E-state index in [1.54, 1.807) is 30.3 Å². The molecule has 0 unspecified atom stereocenters. The lowest BCUT2D eigenvalue weighted by Gasteiger charge is -2.30. The first-order valence-electron chi connectivity index (χ1n) is 15.2. The smallest absolute Gasteiger partial charge is 0.262 e. The lowest BCUT2D eigenvalue weighted by molar-refractivity contribution is -0.123. The van der Waals surface area contributed by atoms with Crippen LogP contribution in [0.3, 0.4) is 0 Å². The third-order valence-electron chi connectivity index (χ3n) is 8.96. The average Bonchev–Trinajstić information content (AvgIpc) is 3.76. The van der Waals surface area contributed by atoms with Crippen molar-refractivity contribution in [1.82, 2.24) is 10.3 Å². The molecule has 1 aliphatic carbocycles. The average molecular weight is 711 g/mol. The van der Waals surface area contributed by atoms with E-state index in [1.165, 1.54) is 26.2 Å². The van der Waals surface area contributed by atoms with Crippen LogP contribution in [0.1, 0.15) is 46.9 Å². The van der Waals surface area contributed by atoms with Crippen LogP contribution < -0.4 is 25.8 Å². The number of phenolic OH excluding ortho intramolecular Hbond substituents is 1. The highest BCUT2D eigenvalue weighted by Gasteiger charge is 2.51. The number of amides is 3. The van der Waals surface area contributed by atoms with Crippen molar-refractivity contribution in [2.45, 2.75) is 36.5 Å². The van der Waals surface area contributed by atoms with Gasteiger partial charge < -0.3 is 36.1 Å². The number of nitrogens with zero attached hydrogens (tertiary/aromatic N) is 1. The Labute approximate surface area is 288 Å². The number of ether oxygens (including phenoxy) is 2. The number of carbonyl (C=O) groups excluding carboxylic acids is 3. The molecule has 1 aliphatic heterocycles. The number of nitrogens with two attached hydrogens (primary N) is 1. The number of pyridine rings is 1. The highest BCUT2D eigenvalue weighted by atomic mass is 35.5. The Morgan fingerprint density at radius 2 is 1.80 bits per heavy atom. The number of aliphatic hydroxyl groups is 1. The molecule has 11 nitrogen and oxygen atoms in total. The maximum absolute atomic E-state index is 15.3. The monoisotopic (exact) mass is 710 g/mol. The molecule has 2 heterocycles. The van der Waals surface area contributed by atoms with Crippen molar-refractivity contribution >= 4 is 35.0 Å². The van der Waals surface area contributed by atoms with Crippen molar-refractivity contribution in [2.24, 2.45) is 5.73 Å². The summed E-state index contributed by atoms with van der Waals surface area (Å²) in [7, 11) is 1.22. The molecule has 50 heavy (non-hydrogen) atoms. The number of anilines is 1. The lowest BCUT2D eigenvalue weighted by Crippen LogP contribution is -2.43. The summed E-state index contributed by atoms with van der Waals surface area (Å²) in [5, 5.41) is 27.6. The topological polar surface area (TPSA) is 173 Å². The minimum atomic E-state index is -2.18. The second kappa shape index (κ2) is 12.5. The van der Waals surface area contributed by atoms with E-state index in [9.17, 15) is 33.4 Å². The summed E-state index contributed by atoms with van der Waals surface area (Å²) < 4.78 is 54.8. The third-order valence-corrected chi connectivity index (χ3v) is 9.25. The molecule has 15 heteroatoms. The zero-order chi connectivity index (χ0) is 36.2. The van der Waals surface area contributed by atoms with E-state index in [0.29, 0.717) is 6.07 Å². The number of aromatic nitrogens is 1. The van der Waals surface area contributed by atoms with Crippen LogP contribution in [0.25, 0.3) is 11.3 Å². The Bertz CT molecular complexity index is 2060. The molecule has 0 radical (unpaired) electrons. The van der Waals surface area contributed by atoms with Crippen molar-refractivity contribution in [3.63, 3.8) is 0 Å². The Hall–Kier alpha value is -5.34. The van der Waals surface area contributed by atoms with Crippen LogP contribution in [-0.4, -0.2) is 58.8 Å². The summed E-state index contributed by atoms with van der Waals surface area (Å²) in [4.78, 5) is 43.1. The van der Waals surface area contributed by atoms with Gasteiger partial charge in [0, 0.05) is 22.8 Å². The second-order valence-corrected chi connectivity index (χ2v) is 12.8. The minimum Gasteiger partial charge on any atom is -0.506 e. The highest BCUT2D eigenvalue weighted by molar-refractivity contribution is 6.31. The SMILES string of the molecule is COc1cc(C(=O)NC[C@@](O)(c2ccccc2)c2cc3c(c(-c4cc(Cl)c(F)cc4F)n2)OC[C@]3(C)C(N)=O)cc(O)c1NC(=O)C1(F)CC1. The van der Waals surface area contributed by atoms with Crippen LogP contribution >= 0.6 is 11.6 Å². The number of benzene rings is 3. The number of rotatable bonds is 10. The van der Waals surface area contributed by atoms with Crippen LogP contribution in [-0.2, 0) is 20.6 Å². The molecule has 0 saturated heterocycles. The van der Waals surface area contributed by atoms with Gasteiger partial charge >= 0.3 is 0 Å². The molecular formula is C35H30ClF3N4O7. The Morgan fingerprint density at radius 1 is 1.10 bits per heavy atom. The minimum absolute atomic E-state index is 0.0359. The molecule has 6 rings (SSSR count). The fourth-order valence-corrected chi connectivity index (χ4v) is 5.79. The van der Waals surface area contributed by atoms with Crippen LogP contribution in [0.4, 0.5) is 18.9 Å². The first kappa shape index (κ1) is 34.5. The van der Waals surface area contributed by atoms with Gasteiger partial charge in [0.25, 0.3) is 11.8 Å². The maximum Gasteiger partial charge on any atom is 0.262 e. The van der Waals surface area contributed by atoms with Gasteiger partial charge in [-0.2, -0.15) is 0 Å². The molecule has 3 aromatic carbocycles. The first-order chi connectivity index (χ1) is 23.6. The predicted octanol–water partition coefficient (Wildman–Crippen LogP) is 4.64. The van der Waals surface area contributed by atoms with E-state index in [2.05, 4.69) is 15.6 Å². The Kier molecular flexibility index (Phi) is 8.64. The van der Waals surface area contributed by atoms with Gasteiger partial charge in [-0.25, -0.2) is 18.2 Å². The molecule has 0 bridgehead atoms. The standard InChI is InChI=1S/C35H30ClF3N4O7/c1-33(31(40)46)16-50-29-20(33)13-26(42-27(29)19-12-21(36)23(38)14-22(19)37)35(48,18-6-4-3-5-7-18)15-41-30(45)17-10-24(44)28(25(11-17)49-2)43-32(47)34(39)8-9-34/h3-7,10-14,44,48H,8-9,15-16H2,1-2H3,(H2,40,46)(H,41,45)(H,43,47)/t33-,35+/m0/s1. The predicted molar refractivity (Wildman–Crippen MR) is 175 cm³/mol. The number of fused-ring (bicyclic) bond motifs is 1. The lowest BCUT2D eigenvalue weighted by atomic mass is 9.80. The summed E-state index contributed by atoms with van der Waals surface area (Å²) in [5.41, 5.74) is -0.624. The summed E-state index contributed by atoms with van der Waals surface area (Å²) in [5.74, 6) is -5.41. The Balaban J connectivity index is 1.42. The van der Waals surface area contributed by atoms with Crippen molar-refractivity contribution in [3.8, 4) is 28.5 Å². The van der Waals surface area contributed by atoms with Gasteiger partial charge in [0.1, 0.15) is 57.9 Å². The van der Waals surface area contributed by atoms with Crippen molar-refractivity contribution in [1.29, 1.82) is 0 Å². The maximum atomic E-state index is 15.3.